The van der Waals surface area contributed by atoms with E-state index in [2.05, 4.69) is 0 Å². The summed E-state index contributed by atoms with van der Waals surface area (Å²) in [5.41, 5.74) is 1.47. The second-order valence-electron chi connectivity index (χ2n) is 4.45. The number of nitro groups is 1. The highest BCUT2D eigenvalue weighted by Crippen LogP contribution is 2.27. The van der Waals surface area contributed by atoms with E-state index in [-0.39, 0.29) is 17.0 Å². The third-order valence-corrected chi connectivity index (χ3v) is 3.33. The summed E-state index contributed by atoms with van der Waals surface area (Å²) in [4.78, 5) is 22.6. The van der Waals surface area contributed by atoms with Crippen LogP contribution in [0.4, 0.5) is 5.69 Å². The van der Waals surface area contributed by atoms with Crippen molar-refractivity contribution < 1.29 is 9.72 Å². The van der Waals surface area contributed by atoms with Crippen molar-refractivity contribution in [2.24, 2.45) is 0 Å². The van der Waals surface area contributed by atoms with Crippen molar-refractivity contribution in [1.82, 2.24) is 0 Å². The van der Waals surface area contributed by atoms with Crippen LogP contribution in [0.15, 0.2) is 48.5 Å². The molecule has 0 radical (unpaired) electrons. The van der Waals surface area contributed by atoms with E-state index >= 15 is 0 Å². The molecule has 0 bridgehead atoms. The van der Waals surface area contributed by atoms with E-state index in [9.17, 15) is 14.9 Å². The molecule has 0 heterocycles. The van der Waals surface area contributed by atoms with Crippen LogP contribution in [0.3, 0.4) is 0 Å². The summed E-state index contributed by atoms with van der Waals surface area (Å²) in [5, 5.41) is 9.98. The van der Waals surface area contributed by atoms with Gasteiger partial charge in [-0.25, -0.2) is 0 Å². The van der Waals surface area contributed by atoms with Crippen LogP contribution in [-0.4, -0.2) is 10.7 Å². The van der Waals surface area contributed by atoms with Crippen molar-refractivity contribution in [3.05, 3.63) is 75.3 Å². The second-order valence-corrected chi connectivity index (χ2v) is 4.89. The molecule has 0 aliphatic carbocycles. The molecule has 0 aliphatic rings. The number of ketones is 1. The lowest BCUT2D eigenvalue weighted by molar-refractivity contribution is -0.384. The van der Waals surface area contributed by atoms with E-state index in [1.54, 1.807) is 37.3 Å². The Kier molecular flexibility index (Phi) is 4.15. The van der Waals surface area contributed by atoms with Crippen LogP contribution in [-0.2, 0) is 0 Å². The molecule has 102 valence electrons. The zero-order valence-corrected chi connectivity index (χ0v) is 11.5. The maximum absolute atomic E-state index is 12.3. The van der Waals surface area contributed by atoms with Crippen LogP contribution in [0, 0.1) is 17.0 Å². The number of non-ortho nitro benzene ring substituents is 1. The van der Waals surface area contributed by atoms with Gasteiger partial charge in [0.05, 0.1) is 4.92 Å². The van der Waals surface area contributed by atoms with Crippen LogP contribution in [0.5, 0.6) is 0 Å². The highest BCUT2D eigenvalue weighted by atomic mass is 35.5. The molecule has 0 saturated heterocycles. The van der Waals surface area contributed by atoms with Gasteiger partial charge in [-0.05, 0) is 24.1 Å². The number of carbonyl (C=O) groups excluding carboxylic acids is 1. The SMILES string of the molecule is Cc1cc(C(=O)C(Cl)c2ccccc2)cc([N+](=O)[O-])c1. The molecule has 1 unspecified atom stereocenters. The van der Waals surface area contributed by atoms with Gasteiger partial charge in [-0.2, -0.15) is 0 Å². The molecular weight excluding hydrogens is 278 g/mol. The Labute approximate surface area is 121 Å². The average molecular weight is 290 g/mol. The van der Waals surface area contributed by atoms with Crippen LogP contribution >= 0.6 is 11.6 Å². The number of carbonyl (C=O) groups is 1. The van der Waals surface area contributed by atoms with Crippen molar-refractivity contribution in [2.75, 3.05) is 0 Å². The number of halogens is 1. The number of hydrogen-bond donors (Lipinski definition) is 0. The molecule has 2 rings (SSSR count). The van der Waals surface area contributed by atoms with Crippen molar-refractivity contribution in [3.63, 3.8) is 0 Å². The summed E-state index contributed by atoms with van der Waals surface area (Å²) in [7, 11) is 0. The lowest BCUT2D eigenvalue weighted by Gasteiger charge is -2.09. The summed E-state index contributed by atoms with van der Waals surface area (Å²) in [6.45, 7) is 1.70. The first-order valence-electron chi connectivity index (χ1n) is 5.98. The molecule has 0 amide bonds. The predicted octanol–water partition coefficient (Wildman–Crippen LogP) is 4.07. The van der Waals surface area contributed by atoms with E-state index in [1.165, 1.54) is 12.1 Å². The molecule has 5 heteroatoms. The molecule has 1 atom stereocenters. The molecule has 0 N–H and O–H groups in total. The molecular formula is C15H12ClNO3. The minimum absolute atomic E-state index is 0.106. The highest BCUT2D eigenvalue weighted by molar-refractivity contribution is 6.34. The lowest BCUT2D eigenvalue weighted by Crippen LogP contribution is -2.08. The predicted molar refractivity (Wildman–Crippen MR) is 77.2 cm³/mol. The molecule has 0 aromatic heterocycles. The Morgan fingerprint density at radius 2 is 1.85 bits per heavy atom. The number of benzene rings is 2. The molecule has 0 spiro atoms. The lowest BCUT2D eigenvalue weighted by atomic mass is 10.0. The zero-order chi connectivity index (χ0) is 14.7. The number of rotatable bonds is 4. The minimum Gasteiger partial charge on any atom is -0.292 e. The Hall–Kier alpha value is -2.20. The fourth-order valence-electron chi connectivity index (χ4n) is 1.93. The molecule has 2 aromatic carbocycles. The van der Waals surface area contributed by atoms with Crippen LogP contribution < -0.4 is 0 Å². The van der Waals surface area contributed by atoms with Gasteiger partial charge in [0.25, 0.3) is 5.69 Å². The maximum Gasteiger partial charge on any atom is 0.270 e. The minimum atomic E-state index is -0.849. The van der Waals surface area contributed by atoms with E-state index in [4.69, 9.17) is 11.6 Å². The number of Topliss-reactive ketones (excluding diaryl/α,β-unsaturated/α-hetero) is 1. The topological polar surface area (TPSA) is 60.2 Å². The first-order valence-corrected chi connectivity index (χ1v) is 6.42. The first kappa shape index (κ1) is 14.2. The summed E-state index contributed by atoms with van der Waals surface area (Å²) in [6.07, 6.45) is 0. The maximum atomic E-state index is 12.3. The summed E-state index contributed by atoms with van der Waals surface area (Å²) < 4.78 is 0. The van der Waals surface area contributed by atoms with Gasteiger partial charge in [0.2, 0.25) is 0 Å². The number of nitro benzene ring substituents is 1. The summed E-state index contributed by atoms with van der Waals surface area (Å²) in [6, 6.07) is 13.2. The molecule has 2 aromatic rings. The third-order valence-electron chi connectivity index (χ3n) is 2.88. The third kappa shape index (κ3) is 3.03. The largest absolute Gasteiger partial charge is 0.292 e. The Balaban J connectivity index is 2.36. The van der Waals surface area contributed by atoms with Gasteiger partial charge in [0, 0.05) is 17.7 Å². The van der Waals surface area contributed by atoms with Gasteiger partial charge in [-0.3, -0.25) is 14.9 Å². The second kappa shape index (κ2) is 5.84. The van der Waals surface area contributed by atoms with Crippen molar-refractivity contribution >= 4 is 23.1 Å². The molecule has 0 fully saturated rings. The van der Waals surface area contributed by atoms with Gasteiger partial charge in [-0.15, -0.1) is 11.6 Å². The van der Waals surface area contributed by atoms with Gasteiger partial charge in [0.1, 0.15) is 5.38 Å². The number of alkyl halides is 1. The van der Waals surface area contributed by atoms with Crippen molar-refractivity contribution in [1.29, 1.82) is 0 Å². The fourth-order valence-corrected chi connectivity index (χ4v) is 2.20. The van der Waals surface area contributed by atoms with Gasteiger partial charge in [0.15, 0.2) is 5.78 Å². The normalized spacial score (nSPS) is 11.9. The molecule has 0 saturated carbocycles. The van der Waals surface area contributed by atoms with Crippen molar-refractivity contribution in [2.45, 2.75) is 12.3 Å². The Morgan fingerprint density at radius 3 is 2.45 bits per heavy atom. The smallest absolute Gasteiger partial charge is 0.270 e. The zero-order valence-electron chi connectivity index (χ0n) is 10.7. The average Bonchev–Trinajstić information content (AvgIpc) is 2.46. The van der Waals surface area contributed by atoms with E-state index in [0.29, 0.717) is 11.1 Å². The van der Waals surface area contributed by atoms with Crippen LogP contribution in [0.1, 0.15) is 26.9 Å². The van der Waals surface area contributed by atoms with Crippen LogP contribution in [0.25, 0.3) is 0 Å². The van der Waals surface area contributed by atoms with Gasteiger partial charge < -0.3 is 0 Å². The van der Waals surface area contributed by atoms with Crippen molar-refractivity contribution in [3.8, 4) is 0 Å². The highest BCUT2D eigenvalue weighted by Gasteiger charge is 2.21. The fraction of sp³-hybridized carbons (Fsp3) is 0.133. The summed E-state index contributed by atoms with van der Waals surface area (Å²) >= 11 is 6.16. The van der Waals surface area contributed by atoms with E-state index < -0.39 is 10.3 Å². The molecule has 4 nitrogen and oxygen atoms in total. The number of hydrogen-bond acceptors (Lipinski definition) is 3. The number of nitrogens with zero attached hydrogens (tertiary/aromatic N) is 1. The monoisotopic (exact) mass is 289 g/mol. The van der Waals surface area contributed by atoms with Crippen LogP contribution in [0.2, 0.25) is 0 Å². The quantitative estimate of drug-likeness (QED) is 0.369. The summed E-state index contributed by atoms with van der Waals surface area (Å²) in [5.74, 6) is -0.343. The first-order chi connectivity index (χ1) is 9.49. The molecule has 20 heavy (non-hydrogen) atoms. The van der Waals surface area contributed by atoms with E-state index in [1.807, 2.05) is 6.07 Å². The number of aryl methyl sites for hydroxylation is 1. The standard InChI is InChI=1S/C15H12ClNO3/c1-10-7-12(9-13(8-10)17(19)20)15(18)14(16)11-5-3-2-4-6-11/h2-9,14H,1H3. The Bertz CT molecular complexity index is 655. The van der Waals surface area contributed by atoms with E-state index in [0.717, 1.165) is 0 Å². The van der Waals surface area contributed by atoms with Gasteiger partial charge >= 0.3 is 0 Å². The van der Waals surface area contributed by atoms with Gasteiger partial charge in [-0.1, -0.05) is 30.3 Å². The molecule has 0 aliphatic heterocycles. The Morgan fingerprint density at radius 1 is 1.20 bits per heavy atom.